The van der Waals surface area contributed by atoms with Crippen molar-refractivity contribution in [3.63, 3.8) is 0 Å². The molecule has 132 valence electrons. The summed E-state index contributed by atoms with van der Waals surface area (Å²) in [6, 6.07) is 14.4. The highest BCUT2D eigenvalue weighted by atomic mass is 32.2. The Morgan fingerprint density at radius 1 is 1.19 bits per heavy atom. The van der Waals surface area contributed by atoms with E-state index in [9.17, 15) is 8.42 Å². The second-order valence-electron chi connectivity index (χ2n) is 6.03. The Hall–Kier alpha value is -2.95. The van der Waals surface area contributed by atoms with Crippen LogP contribution in [0.2, 0.25) is 0 Å². The molecule has 0 spiro atoms. The predicted molar refractivity (Wildman–Crippen MR) is 98.7 cm³/mol. The van der Waals surface area contributed by atoms with Crippen molar-refractivity contribution in [3.05, 3.63) is 71.2 Å². The molecule has 1 aromatic heterocycles. The zero-order valence-electron chi connectivity index (χ0n) is 14.4. The zero-order valence-corrected chi connectivity index (χ0v) is 15.3. The molecular formula is C19H18N4O2S. The second kappa shape index (κ2) is 7.12. The van der Waals surface area contributed by atoms with Crippen molar-refractivity contribution in [1.82, 2.24) is 14.7 Å². The first-order valence-electron chi connectivity index (χ1n) is 8.00. The van der Waals surface area contributed by atoms with E-state index >= 15 is 0 Å². The number of nitrogens with one attached hydrogen (secondary N) is 2. The fourth-order valence-corrected chi connectivity index (χ4v) is 3.91. The van der Waals surface area contributed by atoms with E-state index in [2.05, 4.69) is 20.8 Å². The number of aromatic nitrogens is 2. The van der Waals surface area contributed by atoms with Gasteiger partial charge in [-0.2, -0.15) is 5.26 Å². The van der Waals surface area contributed by atoms with E-state index in [1.165, 1.54) is 0 Å². The molecule has 1 heterocycles. The zero-order chi connectivity index (χ0) is 18.7. The molecule has 7 heteroatoms. The Kier molecular flexibility index (Phi) is 4.89. The van der Waals surface area contributed by atoms with Gasteiger partial charge in [0.15, 0.2) is 0 Å². The average Bonchev–Trinajstić information content (AvgIpc) is 3.09. The summed E-state index contributed by atoms with van der Waals surface area (Å²) in [4.78, 5) is 7.56. The lowest BCUT2D eigenvalue weighted by Crippen LogP contribution is -2.24. The predicted octanol–water partition coefficient (Wildman–Crippen LogP) is 3.04. The Morgan fingerprint density at radius 3 is 2.73 bits per heavy atom. The normalized spacial score (nSPS) is 11.3. The van der Waals surface area contributed by atoms with Crippen LogP contribution >= 0.6 is 0 Å². The number of sulfonamides is 1. The monoisotopic (exact) mass is 366 g/mol. The van der Waals surface area contributed by atoms with Gasteiger partial charge >= 0.3 is 0 Å². The first-order valence-corrected chi connectivity index (χ1v) is 9.49. The van der Waals surface area contributed by atoms with Crippen LogP contribution in [0.15, 0.2) is 53.6 Å². The third-order valence-electron chi connectivity index (χ3n) is 3.98. The van der Waals surface area contributed by atoms with Gasteiger partial charge in [-0.3, -0.25) is 0 Å². The second-order valence-corrected chi connectivity index (χ2v) is 7.77. The van der Waals surface area contributed by atoms with Crippen molar-refractivity contribution in [2.75, 3.05) is 0 Å². The van der Waals surface area contributed by atoms with Crippen LogP contribution in [0.4, 0.5) is 0 Å². The Labute approximate surface area is 152 Å². The molecule has 6 nitrogen and oxygen atoms in total. The van der Waals surface area contributed by atoms with Gasteiger partial charge < -0.3 is 4.98 Å². The van der Waals surface area contributed by atoms with Gasteiger partial charge in [-0.25, -0.2) is 18.1 Å². The molecule has 0 unspecified atom stereocenters. The van der Waals surface area contributed by atoms with Crippen LogP contribution in [0, 0.1) is 25.2 Å². The highest BCUT2D eigenvalue weighted by Crippen LogP contribution is 2.19. The molecule has 0 amide bonds. The van der Waals surface area contributed by atoms with Crippen LogP contribution in [0.5, 0.6) is 0 Å². The van der Waals surface area contributed by atoms with Gasteiger partial charge in [0.05, 0.1) is 35.0 Å². The van der Waals surface area contributed by atoms with Crippen molar-refractivity contribution in [3.8, 4) is 17.3 Å². The molecule has 3 aromatic rings. The average molecular weight is 366 g/mol. The Balaban J connectivity index is 1.76. The Bertz CT molecular complexity index is 1090. The van der Waals surface area contributed by atoms with E-state index in [4.69, 9.17) is 5.26 Å². The number of H-pyrrole nitrogens is 1. The van der Waals surface area contributed by atoms with Crippen LogP contribution in [0.25, 0.3) is 11.3 Å². The highest BCUT2D eigenvalue weighted by Gasteiger charge is 2.17. The highest BCUT2D eigenvalue weighted by molar-refractivity contribution is 7.89. The molecule has 0 atom stereocenters. The number of aromatic amines is 1. The summed E-state index contributed by atoms with van der Waals surface area (Å²) in [5.41, 5.74) is 3.81. The molecule has 0 bridgehead atoms. The molecular weight excluding hydrogens is 348 g/mol. The van der Waals surface area contributed by atoms with Crippen molar-refractivity contribution in [1.29, 1.82) is 5.26 Å². The summed E-state index contributed by atoms with van der Waals surface area (Å²) in [6.45, 7) is 3.74. The SMILES string of the molecule is Cc1ccc(S(=O)(=O)NCc2ncc(-c3cccc(C#N)c3)[nH]2)c(C)c1. The van der Waals surface area contributed by atoms with E-state index in [0.29, 0.717) is 17.0 Å². The maximum atomic E-state index is 12.5. The molecule has 2 aromatic carbocycles. The number of aryl methyl sites for hydroxylation is 2. The quantitative estimate of drug-likeness (QED) is 0.725. The van der Waals surface area contributed by atoms with Crippen LogP contribution in [-0.4, -0.2) is 18.4 Å². The van der Waals surface area contributed by atoms with Gasteiger partial charge in [-0.05, 0) is 37.6 Å². The minimum absolute atomic E-state index is 0.0492. The maximum Gasteiger partial charge on any atom is 0.241 e. The fraction of sp³-hybridized carbons (Fsp3) is 0.158. The van der Waals surface area contributed by atoms with Gasteiger partial charge in [0.25, 0.3) is 0 Å². The van der Waals surface area contributed by atoms with Crippen LogP contribution < -0.4 is 4.72 Å². The van der Waals surface area contributed by atoms with E-state index in [-0.39, 0.29) is 11.4 Å². The van der Waals surface area contributed by atoms with E-state index in [1.54, 1.807) is 43.5 Å². The minimum atomic E-state index is -3.63. The maximum absolute atomic E-state index is 12.5. The molecule has 2 N–H and O–H groups in total. The van der Waals surface area contributed by atoms with E-state index in [0.717, 1.165) is 16.8 Å². The number of imidazole rings is 1. The molecule has 3 rings (SSSR count). The summed E-state index contributed by atoms with van der Waals surface area (Å²) < 4.78 is 27.6. The lowest BCUT2D eigenvalue weighted by atomic mass is 10.1. The molecule has 0 saturated heterocycles. The van der Waals surface area contributed by atoms with Crippen molar-refractivity contribution in [2.45, 2.75) is 25.3 Å². The lowest BCUT2D eigenvalue weighted by molar-refractivity contribution is 0.579. The smallest absolute Gasteiger partial charge is 0.241 e. The minimum Gasteiger partial charge on any atom is -0.341 e. The molecule has 0 fully saturated rings. The third kappa shape index (κ3) is 3.82. The number of nitrogens with zero attached hydrogens (tertiary/aromatic N) is 2. The summed E-state index contributed by atoms with van der Waals surface area (Å²) >= 11 is 0. The molecule has 0 aliphatic heterocycles. The molecule has 0 aliphatic rings. The summed E-state index contributed by atoms with van der Waals surface area (Å²) in [5, 5.41) is 8.98. The lowest BCUT2D eigenvalue weighted by Gasteiger charge is -2.09. The van der Waals surface area contributed by atoms with Gasteiger partial charge in [-0.15, -0.1) is 0 Å². The van der Waals surface area contributed by atoms with Gasteiger partial charge in [-0.1, -0.05) is 29.8 Å². The number of hydrogen-bond donors (Lipinski definition) is 2. The Morgan fingerprint density at radius 2 is 2.00 bits per heavy atom. The number of nitriles is 1. The topological polar surface area (TPSA) is 98.6 Å². The van der Waals surface area contributed by atoms with Crippen molar-refractivity contribution < 1.29 is 8.42 Å². The van der Waals surface area contributed by atoms with Crippen molar-refractivity contribution >= 4 is 10.0 Å². The molecule has 0 aliphatic carbocycles. The fourth-order valence-electron chi connectivity index (χ4n) is 2.70. The van der Waals surface area contributed by atoms with Crippen LogP contribution in [0.1, 0.15) is 22.5 Å². The largest absolute Gasteiger partial charge is 0.341 e. The third-order valence-corrected chi connectivity index (χ3v) is 5.54. The first-order chi connectivity index (χ1) is 12.4. The summed E-state index contributed by atoms with van der Waals surface area (Å²) in [7, 11) is -3.63. The van der Waals surface area contributed by atoms with Crippen molar-refractivity contribution in [2.24, 2.45) is 0 Å². The van der Waals surface area contributed by atoms with Crippen LogP contribution in [0.3, 0.4) is 0 Å². The van der Waals surface area contributed by atoms with Gasteiger partial charge in [0, 0.05) is 5.56 Å². The van der Waals surface area contributed by atoms with Gasteiger partial charge in [0.2, 0.25) is 10.0 Å². The van der Waals surface area contributed by atoms with E-state index in [1.807, 2.05) is 19.1 Å². The first kappa shape index (κ1) is 17.9. The molecule has 0 saturated carbocycles. The standard InChI is InChI=1S/C19H18N4O2S/c1-13-6-7-18(14(2)8-13)26(24,25)22-12-19-21-11-17(23-19)16-5-3-4-15(9-16)10-20/h3-9,11,22H,12H2,1-2H3,(H,21,23). The van der Waals surface area contributed by atoms with Gasteiger partial charge in [0.1, 0.15) is 5.82 Å². The number of benzene rings is 2. The van der Waals surface area contributed by atoms with E-state index < -0.39 is 10.0 Å². The molecule has 26 heavy (non-hydrogen) atoms. The number of rotatable bonds is 5. The molecule has 0 radical (unpaired) electrons. The van der Waals surface area contributed by atoms with Crippen LogP contribution in [-0.2, 0) is 16.6 Å². The summed E-state index contributed by atoms with van der Waals surface area (Å²) in [6.07, 6.45) is 1.62. The number of hydrogen-bond acceptors (Lipinski definition) is 4. The summed E-state index contributed by atoms with van der Waals surface area (Å²) in [5.74, 6) is 0.496.